The van der Waals surface area contributed by atoms with Crippen LogP contribution in [0, 0.1) is 0 Å². The van der Waals surface area contributed by atoms with Crippen molar-refractivity contribution < 1.29 is 5.11 Å². The van der Waals surface area contributed by atoms with Gasteiger partial charge in [0.05, 0.1) is 5.60 Å². The summed E-state index contributed by atoms with van der Waals surface area (Å²) >= 11 is 0. The summed E-state index contributed by atoms with van der Waals surface area (Å²) in [5.74, 6) is 0.800. The third-order valence-electron chi connectivity index (χ3n) is 3.42. The van der Waals surface area contributed by atoms with E-state index in [2.05, 4.69) is 24.3 Å². The van der Waals surface area contributed by atoms with Crippen LogP contribution in [-0.2, 0) is 6.42 Å². The molecule has 0 amide bonds. The predicted molar refractivity (Wildman–Crippen MR) is 56.3 cm³/mol. The van der Waals surface area contributed by atoms with Gasteiger partial charge in [-0.25, -0.2) is 0 Å². The van der Waals surface area contributed by atoms with Crippen LogP contribution < -0.4 is 0 Å². The van der Waals surface area contributed by atoms with Crippen LogP contribution in [0.25, 0.3) is 0 Å². The molecule has 1 N–H and O–H groups in total. The molecule has 1 heteroatoms. The summed E-state index contributed by atoms with van der Waals surface area (Å²) in [6.07, 6.45) is 5.54. The zero-order valence-corrected chi connectivity index (χ0v) is 8.37. The maximum Gasteiger partial charge on any atom is 0.0690 e. The minimum Gasteiger partial charge on any atom is -0.390 e. The highest BCUT2D eigenvalue weighted by molar-refractivity contribution is 5.35. The quantitative estimate of drug-likeness (QED) is 0.773. The molecule has 2 aliphatic rings. The van der Waals surface area contributed by atoms with E-state index >= 15 is 0 Å². The molecule has 0 spiro atoms. The molecule has 0 bridgehead atoms. The van der Waals surface area contributed by atoms with Gasteiger partial charge in [-0.2, -0.15) is 0 Å². The first-order valence-corrected chi connectivity index (χ1v) is 5.57. The Morgan fingerprint density at radius 3 is 2.57 bits per heavy atom. The van der Waals surface area contributed by atoms with Crippen LogP contribution in [0.4, 0.5) is 0 Å². The molecule has 1 nitrogen and oxygen atoms in total. The zero-order valence-electron chi connectivity index (χ0n) is 8.37. The highest BCUT2D eigenvalue weighted by atomic mass is 16.3. The summed E-state index contributed by atoms with van der Waals surface area (Å²) in [6, 6.07) is 8.63. The van der Waals surface area contributed by atoms with Gasteiger partial charge in [0.25, 0.3) is 0 Å². The molecule has 0 atom stereocenters. The second-order valence-corrected chi connectivity index (χ2v) is 4.87. The first kappa shape index (κ1) is 8.49. The van der Waals surface area contributed by atoms with E-state index in [1.54, 1.807) is 0 Å². The van der Waals surface area contributed by atoms with Crippen LogP contribution in [0.15, 0.2) is 24.3 Å². The normalized spacial score (nSPS) is 23.5. The highest BCUT2D eigenvalue weighted by Gasteiger charge is 2.41. The van der Waals surface area contributed by atoms with Gasteiger partial charge in [-0.05, 0) is 42.7 Å². The predicted octanol–water partition coefficient (Wildman–Crippen LogP) is 2.63. The van der Waals surface area contributed by atoms with Gasteiger partial charge in [0.15, 0.2) is 0 Å². The second-order valence-electron chi connectivity index (χ2n) is 4.87. The fourth-order valence-corrected chi connectivity index (χ4v) is 2.16. The monoisotopic (exact) mass is 188 g/mol. The number of rotatable bonds is 3. The third-order valence-corrected chi connectivity index (χ3v) is 3.42. The van der Waals surface area contributed by atoms with Gasteiger partial charge in [0.1, 0.15) is 0 Å². The molecule has 0 unspecified atom stereocenters. The van der Waals surface area contributed by atoms with Crippen molar-refractivity contribution in [2.24, 2.45) is 0 Å². The molecule has 1 aromatic rings. The molecule has 2 saturated carbocycles. The molecular formula is C13H16O. The molecule has 14 heavy (non-hydrogen) atoms. The molecule has 74 valence electrons. The fourth-order valence-electron chi connectivity index (χ4n) is 2.16. The summed E-state index contributed by atoms with van der Waals surface area (Å²) in [5, 5.41) is 9.91. The Morgan fingerprint density at radius 2 is 1.93 bits per heavy atom. The molecule has 0 saturated heterocycles. The van der Waals surface area contributed by atoms with E-state index in [0.29, 0.717) is 0 Å². The fraction of sp³-hybridized carbons (Fsp3) is 0.538. The summed E-state index contributed by atoms with van der Waals surface area (Å²) in [5.41, 5.74) is 2.54. The lowest BCUT2D eigenvalue weighted by Gasteiger charge is -2.11. The zero-order chi connectivity index (χ0) is 9.60. The summed E-state index contributed by atoms with van der Waals surface area (Å²) < 4.78 is 0. The minimum absolute atomic E-state index is 0.342. The number of hydrogen-bond donors (Lipinski definition) is 1. The summed E-state index contributed by atoms with van der Waals surface area (Å²) in [4.78, 5) is 0. The Balaban J connectivity index is 1.87. The smallest absolute Gasteiger partial charge is 0.0690 e. The molecule has 1 aromatic carbocycles. The Morgan fingerprint density at radius 1 is 1.21 bits per heavy atom. The van der Waals surface area contributed by atoms with Gasteiger partial charge in [0, 0.05) is 6.42 Å². The number of hydrogen-bond acceptors (Lipinski definition) is 1. The van der Waals surface area contributed by atoms with Crippen molar-refractivity contribution in [3.05, 3.63) is 35.4 Å². The minimum atomic E-state index is -0.342. The van der Waals surface area contributed by atoms with Crippen molar-refractivity contribution in [1.82, 2.24) is 0 Å². The maximum atomic E-state index is 9.91. The van der Waals surface area contributed by atoms with Gasteiger partial charge in [0.2, 0.25) is 0 Å². The molecule has 0 radical (unpaired) electrons. The van der Waals surface area contributed by atoms with Crippen LogP contribution in [-0.4, -0.2) is 10.7 Å². The van der Waals surface area contributed by atoms with Crippen molar-refractivity contribution >= 4 is 0 Å². The first-order valence-electron chi connectivity index (χ1n) is 5.57. The van der Waals surface area contributed by atoms with E-state index < -0.39 is 0 Å². The van der Waals surface area contributed by atoms with Gasteiger partial charge in [-0.1, -0.05) is 24.3 Å². The maximum absolute atomic E-state index is 9.91. The van der Waals surface area contributed by atoms with E-state index in [-0.39, 0.29) is 5.60 Å². The molecule has 2 fully saturated rings. The Hall–Kier alpha value is -0.820. The van der Waals surface area contributed by atoms with E-state index in [4.69, 9.17) is 0 Å². The Labute approximate surface area is 84.8 Å². The van der Waals surface area contributed by atoms with E-state index in [9.17, 15) is 5.11 Å². The molecule has 2 aliphatic carbocycles. The van der Waals surface area contributed by atoms with E-state index in [1.165, 1.54) is 24.0 Å². The third kappa shape index (κ3) is 1.57. The lowest BCUT2D eigenvalue weighted by atomic mass is 9.97. The molecule has 0 heterocycles. The van der Waals surface area contributed by atoms with Gasteiger partial charge in [-0.3, -0.25) is 0 Å². The van der Waals surface area contributed by atoms with Gasteiger partial charge < -0.3 is 5.11 Å². The topological polar surface area (TPSA) is 20.2 Å². The lowest BCUT2D eigenvalue weighted by molar-refractivity contribution is 0.150. The number of aliphatic hydroxyl groups is 1. The van der Waals surface area contributed by atoms with Crippen LogP contribution in [0.3, 0.4) is 0 Å². The van der Waals surface area contributed by atoms with Crippen LogP contribution in [0.1, 0.15) is 42.7 Å². The van der Waals surface area contributed by atoms with Gasteiger partial charge >= 0.3 is 0 Å². The standard InChI is InChI=1S/C13H16O/c14-13(7-8-13)9-11-3-1-2-4-12(11)10-5-6-10/h1-4,10,14H,5-9H2. The Bertz CT molecular complexity index is 348. The largest absolute Gasteiger partial charge is 0.390 e. The SMILES string of the molecule is OC1(Cc2ccccc2C2CC2)CC1. The van der Waals surface area contributed by atoms with Crippen molar-refractivity contribution in [3.63, 3.8) is 0 Å². The molecule has 0 aliphatic heterocycles. The highest BCUT2D eigenvalue weighted by Crippen LogP contribution is 2.45. The average molecular weight is 188 g/mol. The van der Waals surface area contributed by atoms with E-state index in [0.717, 1.165) is 25.2 Å². The van der Waals surface area contributed by atoms with Crippen LogP contribution in [0.2, 0.25) is 0 Å². The van der Waals surface area contributed by atoms with Crippen LogP contribution in [0.5, 0.6) is 0 Å². The lowest BCUT2D eigenvalue weighted by Crippen LogP contribution is -2.12. The average Bonchev–Trinajstić information content (AvgIpc) is 3.03. The summed E-state index contributed by atoms with van der Waals surface area (Å²) in [6.45, 7) is 0. The summed E-state index contributed by atoms with van der Waals surface area (Å²) in [7, 11) is 0. The number of benzene rings is 1. The van der Waals surface area contributed by atoms with Gasteiger partial charge in [-0.15, -0.1) is 0 Å². The van der Waals surface area contributed by atoms with Crippen molar-refractivity contribution in [1.29, 1.82) is 0 Å². The van der Waals surface area contributed by atoms with Crippen molar-refractivity contribution in [3.8, 4) is 0 Å². The van der Waals surface area contributed by atoms with Crippen molar-refractivity contribution in [2.45, 2.75) is 43.6 Å². The molecule has 0 aromatic heterocycles. The molecular weight excluding hydrogens is 172 g/mol. The second kappa shape index (κ2) is 2.83. The van der Waals surface area contributed by atoms with Crippen molar-refractivity contribution in [2.75, 3.05) is 0 Å². The van der Waals surface area contributed by atoms with Crippen LogP contribution >= 0.6 is 0 Å². The van der Waals surface area contributed by atoms with E-state index in [1.807, 2.05) is 0 Å². The first-order chi connectivity index (χ1) is 6.77. The molecule has 3 rings (SSSR count). The Kier molecular flexibility index (Phi) is 1.72.